The average Bonchev–Trinajstić information content (AvgIpc) is 2.75. The number of sulfonamides is 1. The first kappa shape index (κ1) is 10.9. The van der Waals surface area contributed by atoms with Gasteiger partial charge in [-0.05, 0) is 18.2 Å². The molecule has 84 valence electrons. The second kappa shape index (κ2) is 4.11. The third-order valence-corrected chi connectivity index (χ3v) is 3.30. The molecule has 0 atom stereocenters. The van der Waals surface area contributed by atoms with Crippen LogP contribution in [0.2, 0.25) is 5.15 Å². The lowest BCUT2D eigenvalue weighted by Crippen LogP contribution is -2.13. The van der Waals surface area contributed by atoms with Gasteiger partial charge in [-0.15, -0.1) is 10.2 Å². The van der Waals surface area contributed by atoms with Crippen LogP contribution in [0.5, 0.6) is 0 Å². The second-order valence-electron chi connectivity index (χ2n) is 2.89. The summed E-state index contributed by atoms with van der Waals surface area (Å²) in [5.74, 6) is 0.116. The van der Waals surface area contributed by atoms with Crippen LogP contribution in [0, 0.1) is 0 Å². The highest BCUT2D eigenvalue weighted by atomic mass is 35.5. The van der Waals surface area contributed by atoms with Gasteiger partial charge in [0, 0.05) is 12.4 Å². The minimum atomic E-state index is -3.61. The third-order valence-electron chi connectivity index (χ3n) is 1.75. The molecular formula is C8H7ClN4O2S. The van der Waals surface area contributed by atoms with E-state index in [4.69, 9.17) is 11.6 Å². The highest BCUT2D eigenvalue weighted by Crippen LogP contribution is 2.13. The molecule has 0 saturated heterocycles. The van der Waals surface area contributed by atoms with Gasteiger partial charge in [0.1, 0.15) is 4.90 Å². The van der Waals surface area contributed by atoms with Gasteiger partial charge < -0.3 is 4.98 Å². The average molecular weight is 259 g/mol. The Balaban J connectivity index is 2.25. The molecule has 0 aliphatic rings. The minimum Gasteiger partial charge on any atom is -0.366 e. The topological polar surface area (TPSA) is 87.7 Å². The summed E-state index contributed by atoms with van der Waals surface area (Å²) in [7, 11) is -3.61. The number of nitrogens with zero attached hydrogens (tertiary/aromatic N) is 2. The monoisotopic (exact) mass is 258 g/mol. The molecule has 8 heteroatoms. The van der Waals surface area contributed by atoms with E-state index in [0.29, 0.717) is 0 Å². The summed E-state index contributed by atoms with van der Waals surface area (Å²) in [6.07, 6.45) is 2.88. The Morgan fingerprint density at radius 3 is 2.62 bits per heavy atom. The van der Waals surface area contributed by atoms with Crippen LogP contribution in [-0.4, -0.2) is 23.6 Å². The van der Waals surface area contributed by atoms with Crippen molar-refractivity contribution in [1.82, 2.24) is 15.2 Å². The fraction of sp³-hybridized carbons (Fsp3) is 0. The molecule has 6 nitrogen and oxygen atoms in total. The van der Waals surface area contributed by atoms with Crippen LogP contribution < -0.4 is 4.72 Å². The van der Waals surface area contributed by atoms with Crippen molar-refractivity contribution < 1.29 is 8.42 Å². The van der Waals surface area contributed by atoms with E-state index in [0.717, 1.165) is 0 Å². The number of anilines is 1. The molecule has 2 rings (SSSR count). The zero-order valence-electron chi connectivity index (χ0n) is 7.88. The molecule has 0 aliphatic heterocycles. The Morgan fingerprint density at radius 1 is 1.25 bits per heavy atom. The fourth-order valence-corrected chi connectivity index (χ4v) is 2.12. The Morgan fingerprint density at radius 2 is 2.06 bits per heavy atom. The van der Waals surface area contributed by atoms with Crippen LogP contribution in [-0.2, 0) is 10.0 Å². The molecule has 16 heavy (non-hydrogen) atoms. The predicted molar refractivity (Wildman–Crippen MR) is 58.6 cm³/mol. The standard InChI is InChI=1S/C8H7ClN4O2S/c9-7-1-2-8(12-11-7)13-16(14,15)6-3-4-10-5-6/h1-5,10H,(H,12,13). The van der Waals surface area contributed by atoms with E-state index in [-0.39, 0.29) is 15.9 Å². The molecule has 2 heterocycles. The molecule has 0 fully saturated rings. The van der Waals surface area contributed by atoms with E-state index in [1.165, 1.54) is 30.6 Å². The van der Waals surface area contributed by atoms with E-state index >= 15 is 0 Å². The van der Waals surface area contributed by atoms with Crippen LogP contribution in [0.3, 0.4) is 0 Å². The molecule has 0 spiro atoms. The number of aromatic amines is 1. The van der Waals surface area contributed by atoms with Crippen LogP contribution in [0.4, 0.5) is 5.82 Å². The summed E-state index contributed by atoms with van der Waals surface area (Å²) < 4.78 is 25.7. The van der Waals surface area contributed by atoms with Crippen LogP contribution in [0.15, 0.2) is 35.5 Å². The van der Waals surface area contributed by atoms with Crippen molar-refractivity contribution in [2.24, 2.45) is 0 Å². The number of halogens is 1. The predicted octanol–water partition coefficient (Wildman–Crippen LogP) is 1.26. The Labute approximate surface area is 96.7 Å². The van der Waals surface area contributed by atoms with Crippen molar-refractivity contribution in [2.45, 2.75) is 4.90 Å². The van der Waals surface area contributed by atoms with Gasteiger partial charge in [0.2, 0.25) is 0 Å². The SMILES string of the molecule is O=S(=O)(Nc1ccc(Cl)nn1)c1cc[nH]c1. The number of H-pyrrole nitrogens is 1. The molecule has 2 aromatic heterocycles. The van der Waals surface area contributed by atoms with Gasteiger partial charge in [0.05, 0.1) is 0 Å². The smallest absolute Gasteiger partial charge is 0.264 e. The van der Waals surface area contributed by atoms with E-state index in [1.807, 2.05) is 0 Å². The van der Waals surface area contributed by atoms with Gasteiger partial charge in [0.15, 0.2) is 11.0 Å². The third kappa shape index (κ3) is 2.31. The molecule has 0 radical (unpaired) electrons. The first-order valence-electron chi connectivity index (χ1n) is 4.23. The summed E-state index contributed by atoms with van der Waals surface area (Å²) in [5.41, 5.74) is 0. The normalized spacial score (nSPS) is 11.3. The molecule has 0 amide bonds. The van der Waals surface area contributed by atoms with Crippen LogP contribution >= 0.6 is 11.6 Å². The van der Waals surface area contributed by atoms with E-state index in [1.54, 1.807) is 0 Å². The first-order chi connectivity index (χ1) is 7.58. The Hall–Kier alpha value is -1.60. The Kier molecular flexibility index (Phi) is 2.80. The molecule has 0 unspecified atom stereocenters. The zero-order valence-corrected chi connectivity index (χ0v) is 9.46. The highest BCUT2D eigenvalue weighted by Gasteiger charge is 2.14. The Bertz CT molecular complexity index is 565. The van der Waals surface area contributed by atoms with Crippen molar-refractivity contribution in [3.63, 3.8) is 0 Å². The van der Waals surface area contributed by atoms with E-state index in [2.05, 4.69) is 19.9 Å². The molecule has 2 N–H and O–H groups in total. The number of aromatic nitrogens is 3. The number of nitrogens with one attached hydrogen (secondary N) is 2. The zero-order chi connectivity index (χ0) is 11.6. The van der Waals surface area contributed by atoms with Crippen LogP contribution in [0.1, 0.15) is 0 Å². The van der Waals surface area contributed by atoms with Gasteiger partial charge in [-0.25, -0.2) is 8.42 Å². The van der Waals surface area contributed by atoms with Gasteiger partial charge in [-0.3, -0.25) is 4.72 Å². The maximum atomic E-state index is 11.7. The van der Waals surface area contributed by atoms with Gasteiger partial charge in [-0.2, -0.15) is 0 Å². The molecule has 0 saturated carbocycles. The van der Waals surface area contributed by atoms with Gasteiger partial charge in [-0.1, -0.05) is 11.6 Å². The lowest BCUT2D eigenvalue weighted by atomic mass is 10.5. The molecule has 0 bridgehead atoms. The molecular weight excluding hydrogens is 252 g/mol. The summed E-state index contributed by atoms with van der Waals surface area (Å²) in [4.78, 5) is 2.78. The lowest BCUT2D eigenvalue weighted by Gasteiger charge is -2.03. The molecule has 0 aromatic carbocycles. The number of rotatable bonds is 3. The highest BCUT2D eigenvalue weighted by molar-refractivity contribution is 7.92. The summed E-state index contributed by atoms with van der Waals surface area (Å²) in [5, 5.41) is 7.31. The maximum absolute atomic E-state index is 11.7. The van der Waals surface area contributed by atoms with Gasteiger partial charge >= 0.3 is 0 Å². The first-order valence-corrected chi connectivity index (χ1v) is 6.09. The van der Waals surface area contributed by atoms with Gasteiger partial charge in [0.25, 0.3) is 10.0 Å². The minimum absolute atomic E-state index is 0.116. The van der Waals surface area contributed by atoms with Crippen molar-refractivity contribution in [3.8, 4) is 0 Å². The fourth-order valence-electron chi connectivity index (χ4n) is 1.04. The number of hydrogen-bond donors (Lipinski definition) is 2. The number of hydrogen-bond acceptors (Lipinski definition) is 4. The van der Waals surface area contributed by atoms with Crippen molar-refractivity contribution in [1.29, 1.82) is 0 Å². The van der Waals surface area contributed by atoms with Crippen LogP contribution in [0.25, 0.3) is 0 Å². The summed E-state index contributed by atoms with van der Waals surface area (Å²) >= 11 is 5.53. The van der Waals surface area contributed by atoms with Crippen molar-refractivity contribution in [2.75, 3.05) is 4.72 Å². The van der Waals surface area contributed by atoms with Crippen molar-refractivity contribution in [3.05, 3.63) is 35.7 Å². The largest absolute Gasteiger partial charge is 0.366 e. The maximum Gasteiger partial charge on any atom is 0.264 e. The molecule has 2 aromatic rings. The summed E-state index contributed by atoms with van der Waals surface area (Å²) in [6.45, 7) is 0. The second-order valence-corrected chi connectivity index (χ2v) is 4.96. The lowest BCUT2D eigenvalue weighted by molar-refractivity contribution is 0.601. The van der Waals surface area contributed by atoms with E-state index < -0.39 is 10.0 Å². The van der Waals surface area contributed by atoms with E-state index in [9.17, 15) is 8.42 Å². The quantitative estimate of drug-likeness (QED) is 0.868. The van der Waals surface area contributed by atoms with Crippen molar-refractivity contribution >= 4 is 27.4 Å². The molecule has 0 aliphatic carbocycles. The summed E-state index contributed by atoms with van der Waals surface area (Å²) in [6, 6.07) is 4.31.